The maximum Gasteiger partial charge on any atom is 0.332 e. The lowest BCUT2D eigenvalue weighted by atomic mass is 10.1. The van der Waals surface area contributed by atoms with E-state index in [1.807, 2.05) is 0 Å². The van der Waals surface area contributed by atoms with Crippen molar-refractivity contribution in [2.24, 2.45) is 0 Å². The molecular weight excluding hydrogens is 263 g/mol. The van der Waals surface area contributed by atoms with E-state index < -0.39 is 33.7 Å². The van der Waals surface area contributed by atoms with Crippen molar-refractivity contribution in [1.82, 2.24) is 0 Å². The monoisotopic (exact) mass is 262 g/mol. The van der Waals surface area contributed by atoms with Crippen molar-refractivity contribution < 1.29 is 26.7 Å². The molecule has 1 saturated heterocycles. The summed E-state index contributed by atoms with van der Waals surface area (Å²) in [7, 11) is 0. The number of ether oxygens (including phenoxy) is 1. The van der Waals surface area contributed by atoms with Crippen molar-refractivity contribution >= 4 is 15.9 Å². The standard InChI is InChI=1S/C6BrF5O/c7-3-1(8)2(9)4(10)6(12)5(3,11)13-6. The van der Waals surface area contributed by atoms with Crippen LogP contribution in [0.4, 0.5) is 22.0 Å². The van der Waals surface area contributed by atoms with E-state index in [9.17, 15) is 22.0 Å². The lowest BCUT2D eigenvalue weighted by Gasteiger charge is -2.10. The topological polar surface area (TPSA) is 12.5 Å². The molecule has 1 fully saturated rings. The highest BCUT2D eigenvalue weighted by Gasteiger charge is 2.82. The number of fused-ring (bicyclic) bond motifs is 1. The van der Waals surface area contributed by atoms with Crippen molar-refractivity contribution in [2.45, 2.75) is 11.7 Å². The molecule has 2 unspecified atom stereocenters. The van der Waals surface area contributed by atoms with E-state index in [1.165, 1.54) is 0 Å². The molecule has 1 nitrogen and oxygen atoms in total. The highest BCUT2D eigenvalue weighted by molar-refractivity contribution is 9.11. The summed E-state index contributed by atoms with van der Waals surface area (Å²) in [6, 6.07) is 0. The molecule has 1 aliphatic carbocycles. The average molecular weight is 263 g/mol. The van der Waals surface area contributed by atoms with Crippen LogP contribution < -0.4 is 0 Å². The first kappa shape index (κ1) is 9.14. The summed E-state index contributed by atoms with van der Waals surface area (Å²) in [6.07, 6.45) is 0. The van der Waals surface area contributed by atoms with Gasteiger partial charge in [0.2, 0.25) is 5.83 Å². The van der Waals surface area contributed by atoms with Crippen molar-refractivity contribution in [3.05, 3.63) is 22.0 Å². The summed E-state index contributed by atoms with van der Waals surface area (Å²) in [5.41, 5.74) is 0. The number of hydrogen-bond donors (Lipinski definition) is 0. The number of hydrogen-bond acceptors (Lipinski definition) is 1. The van der Waals surface area contributed by atoms with Crippen LogP contribution in [0.1, 0.15) is 0 Å². The molecular formula is C6BrF5O. The Labute approximate surface area is 77.0 Å². The fraction of sp³-hybridized carbons (Fsp3) is 0.333. The van der Waals surface area contributed by atoms with Gasteiger partial charge in [-0.2, -0.15) is 8.78 Å². The van der Waals surface area contributed by atoms with Gasteiger partial charge in [0.1, 0.15) is 4.48 Å². The quantitative estimate of drug-likeness (QED) is 0.483. The van der Waals surface area contributed by atoms with Crippen LogP contribution in [0.2, 0.25) is 0 Å². The summed E-state index contributed by atoms with van der Waals surface area (Å²) < 4.78 is 66.1. The minimum absolute atomic E-state index is 1.11. The molecule has 1 aliphatic heterocycles. The van der Waals surface area contributed by atoms with Crippen LogP contribution in [0, 0.1) is 0 Å². The molecule has 1 heterocycles. The third-order valence-corrected chi connectivity index (χ3v) is 2.65. The van der Waals surface area contributed by atoms with E-state index in [0.717, 1.165) is 0 Å². The Bertz CT molecular complexity index is 330. The number of epoxide rings is 1. The molecule has 0 bridgehead atoms. The maximum atomic E-state index is 13.0. The fourth-order valence-electron chi connectivity index (χ4n) is 1.02. The third-order valence-electron chi connectivity index (χ3n) is 1.80. The maximum absolute atomic E-state index is 13.0. The van der Waals surface area contributed by atoms with E-state index in [-0.39, 0.29) is 0 Å². The van der Waals surface area contributed by atoms with Crippen molar-refractivity contribution in [3.63, 3.8) is 0 Å². The lowest BCUT2D eigenvalue weighted by molar-refractivity contribution is 0.143. The van der Waals surface area contributed by atoms with E-state index in [2.05, 4.69) is 20.7 Å². The predicted molar refractivity (Wildman–Crippen MR) is 35.1 cm³/mol. The first-order chi connectivity index (χ1) is 5.84. The van der Waals surface area contributed by atoms with Crippen molar-refractivity contribution in [2.75, 3.05) is 0 Å². The SMILES string of the molecule is FC1=C(F)C2(F)OC2(F)C(Br)=C1F. The van der Waals surface area contributed by atoms with Crippen LogP contribution in [0.15, 0.2) is 22.0 Å². The fourth-order valence-corrected chi connectivity index (χ4v) is 1.53. The highest BCUT2D eigenvalue weighted by Crippen LogP contribution is 2.65. The van der Waals surface area contributed by atoms with Gasteiger partial charge in [-0.05, 0) is 15.9 Å². The molecule has 0 spiro atoms. The second kappa shape index (κ2) is 2.14. The molecule has 0 aromatic heterocycles. The van der Waals surface area contributed by atoms with Gasteiger partial charge in [0.25, 0.3) is 0 Å². The molecule has 0 radical (unpaired) electrons. The van der Waals surface area contributed by atoms with E-state index in [4.69, 9.17) is 0 Å². The van der Waals surface area contributed by atoms with Gasteiger partial charge in [0, 0.05) is 0 Å². The van der Waals surface area contributed by atoms with E-state index in [0.29, 0.717) is 0 Å². The third kappa shape index (κ3) is 0.792. The Morgan fingerprint density at radius 3 is 2.08 bits per heavy atom. The van der Waals surface area contributed by atoms with Gasteiger partial charge in [-0.15, -0.1) is 0 Å². The van der Waals surface area contributed by atoms with Crippen LogP contribution in [0.25, 0.3) is 0 Å². The van der Waals surface area contributed by atoms with Gasteiger partial charge in [-0.25, -0.2) is 13.2 Å². The molecule has 13 heavy (non-hydrogen) atoms. The summed E-state index contributed by atoms with van der Waals surface area (Å²) in [5, 5.41) is 0. The minimum atomic E-state index is -3.51. The van der Waals surface area contributed by atoms with Gasteiger partial charge in [-0.3, -0.25) is 4.74 Å². The summed E-state index contributed by atoms with van der Waals surface area (Å²) in [4.78, 5) is 0. The second-order valence-corrected chi connectivity index (χ2v) is 3.34. The van der Waals surface area contributed by atoms with Gasteiger partial charge >= 0.3 is 11.7 Å². The zero-order chi connectivity index (χ0) is 10.0. The Hall–Kier alpha value is -0.430. The Morgan fingerprint density at radius 2 is 1.54 bits per heavy atom. The number of halogens is 6. The minimum Gasteiger partial charge on any atom is -0.288 e. The number of rotatable bonds is 0. The van der Waals surface area contributed by atoms with Crippen LogP contribution in [-0.4, -0.2) is 11.7 Å². The first-order valence-electron chi connectivity index (χ1n) is 3.04. The zero-order valence-corrected chi connectivity index (χ0v) is 7.26. The molecule has 0 N–H and O–H groups in total. The van der Waals surface area contributed by atoms with E-state index in [1.54, 1.807) is 0 Å². The van der Waals surface area contributed by atoms with Gasteiger partial charge in [0.05, 0.1) is 0 Å². The molecule has 72 valence electrons. The molecule has 7 heteroatoms. The number of allylic oxidation sites excluding steroid dienone is 2. The highest BCUT2D eigenvalue weighted by atomic mass is 79.9. The molecule has 2 aliphatic rings. The normalized spacial score (nSPS) is 43.8. The smallest absolute Gasteiger partial charge is 0.288 e. The van der Waals surface area contributed by atoms with E-state index >= 15 is 0 Å². The van der Waals surface area contributed by atoms with Crippen LogP contribution in [-0.2, 0) is 4.74 Å². The van der Waals surface area contributed by atoms with Crippen LogP contribution >= 0.6 is 15.9 Å². The molecule has 0 amide bonds. The molecule has 0 aromatic carbocycles. The lowest BCUT2D eigenvalue weighted by Crippen LogP contribution is -2.23. The first-order valence-corrected chi connectivity index (χ1v) is 3.84. The average Bonchev–Trinajstić information content (AvgIpc) is 2.66. The van der Waals surface area contributed by atoms with Gasteiger partial charge in [-0.1, -0.05) is 0 Å². The molecule has 2 atom stereocenters. The van der Waals surface area contributed by atoms with Crippen LogP contribution in [0.3, 0.4) is 0 Å². The Kier molecular flexibility index (Phi) is 1.51. The van der Waals surface area contributed by atoms with Gasteiger partial charge in [0.15, 0.2) is 11.7 Å². The summed E-state index contributed by atoms with van der Waals surface area (Å²) in [6.45, 7) is 0. The largest absolute Gasteiger partial charge is 0.332 e. The summed E-state index contributed by atoms with van der Waals surface area (Å²) in [5.74, 6) is -12.9. The van der Waals surface area contributed by atoms with Gasteiger partial charge < -0.3 is 0 Å². The summed E-state index contributed by atoms with van der Waals surface area (Å²) >= 11 is 2.24. The molecule has 0 saturated carbocycles. The zero-order valence-electron chi connectivity index (χ0n) is 5.68. The number of alkyl halides is 2. The predicted octanol–water partition coefficient (Wildman–Crippen LogP) is 3.09. The Morgan fingerprint density at radius 1 is 1.00 bits per heavy atom. The molecule has 0 aromatic rings. The van der Waals surface area contributed by atoms with Crippen molar-refractivity contribution in [1.29, 1.82) is 0 Å². The Balaban J connectivity index is 2.63. The van der Waals surface area contributed by atoms with Crippen molar-refractivity contribution in [3.8, 4) is 0 Å². The second-order valence-electron chi connectivity index (χ2n) is 2.55. The molecule has 2 rings (SSSR count). The van der Waals surface area contributed by atoms with Crippen LogP contribution in [0.5, 0.6) is 0 Å².